The summed E-state index contributed by atoms with van der Waals surface area (Å²) in [6.45, 7) is 2.87. The molecule has 8 nitrogen and oxygen atoms in total. The highest BCUT2D eigenvalue weighted by molar-refractivity contribution is 5.80. The van der Waals surface area contributed by atoms with Crippen LogP contribution in [0.4, 0.5) is 0 Å². The van der Waals surface area contributed by atoms with Crippen molar-refractivity contribution in [1.82, 2.24) is 25.0 Å². The van der Waals surface area contributed by atoms with Gasteiger partial charge in [-0.15, -0.1) is 0 Å². The molecule has 3 aliphatic rings. The Morgan fingerprint density at radius 2 is 2.07 bits per heavy atom. The second kappa shape index (κ2) is 7.96. The molecule has 0 spiro atoms. The summed E-state index contributed by atoms with van der Waals surface area (Å²) in [7, 11) is 0. The van der Waals surface area contributed by atoms with Gasteiger partial charge in [0.05, 0.1) is 18.2 Å². The Kier molecular flexibility index (Phi) is 5.43. The molecule has 3 fully saturated rings. The first-order chi connectivity index (χ1) is 13.2. The van der Waals surface area contributed by atoms with E-state index in [1.165, 1.54) is 0 Å². The predicted molar refractivity (Wildman–Crippen MR) is 97.7 cm³/mol. The molecular formula is C19H29N5O3. The maximum atomic E-state index is 12.8. The Morgan fingerprint density at radius 3 is 2.78 bits per heavy atom. The van der Waals surface area contributed by atoms with Gasteiger partial charge in [-0.3, -0.25) is 9.59 Å². The van der Waals surface area contributed by atoms with Gasteiger partial charge in [-0.05, 0) is 51.9 Å². The van der Waals surface area contributed by atoms with Crippen LogP contribution < -0.4 is 5.32 Å². The van der Waals surface area contributed by atoms with E-state index in [2.05, 4.69) is 15.4 Å². The second-order valence-electron chi connectivity index (χ2n) is 8.00. The number of amides is 2. The van der Waals surface area contributed by atoms with Crippen LogP contribution in [0.2, 0.25) is 0 Å². The zero-order valence-corrected chi connectivity index (χ0v) is 15.9. The van der Waals surface area contributed by atoms with Crippen LogP contribution in [0.15, 0.2) is 12.7 Å². The SMILES string of the molecule is CCN1C(=O)CO[C@H]2C[C@@H](C(=O)NC3CCC(n4cncn4)CC3)CC[C@@H]21. The predicted octanol–water partition coefficient (Wildman–Crippen LogP) is 1.29. The Hall–Kier alpha value is -1.96. The molecule has 3 atom stereocenters. The summed E-state index contributed by atoms with van der Waals surface area (Å²) < 4.78 is 7.70. The molecule has 1 aliphatic heterocycles. The first-order valence-electron chi connectivity index (χ1n) is 10.2. The van der Waals surface area contributed by atoms with Crippen molar-refractivity contribution in [2.24, 2.45) is 5.92 Å². The lowest BCUT2D eigenvalue weighted by atomic mass is 9.81. The highest BCUT2D eigenvalue weighted by Crippen LogP contribution is 2.33. The van der Waals surface area contributed by atoms with Crippen LogP contribution in [-0.2, 0) is 14.3 Å². The van der Waals surface area contributed by atoms with Gasteiger partial charge < -0.3 is 15.0 Å². The third-order valence-corrected chi connectivity index (χ3v) is 6.46. The highest BCUT2D eigenvalue weighted by atomic mass is 16.5. The van der Waals surface area contributed by atoms with Gasteiger partial charge in [-0.2, -0.15) is 5.10 Å². The number of hydrogen-bond acceptors (Lipinski definition) is 5. The summed E-state index contributed by atoms with van der Waals surface area (Å²) in [4.78, 5) is 30.7. The molecule has 0 unspecified atom stereocenters. The van der Waals surface area contributed by atoms with Gasteiger partial charge in [-0.25, -0.2) is 9.67 Å². The molecule has 0 radical (unpaired) electrons. The van der Waals surface area contributed by atoms with Crippen molar-refractivity contribution >= 4 is 11.8 Å². The average Bonchev–Trinajstić information content (AvgIpc) is 3.23. The number of hydrogen-bond donors (Lipinski definition) is 1. The van der Waals surface area contributed by atoms with Crippen molar-refractivity contribution in [2.75, 3.05) is 13.2 Å². The molecule has 2 saturated carbocycles. The van der Waals surface area contributed by atoms with Crippen LogP contribution in [0.5, 0.6) is 0 Å². The number of nitrogens with zero attached hydrogens (tertiary/aromatic N) is 4. The number of rotatable bonds is 4. The Labute approximate surface area is 159 Å². The van der Waals surface area contributed by atoms with Gasteiger partial charge in [-0.1, -0.05) is 0 Å². The van der Waals surface area contributed by atoms with Crippen LogP contribution in [0, 0.1) is 5.92 Å². The van der Waals surface area contributed by atoms with Crippen molar-refractivity contribution in [3.8, 4) is 0 Å². The molecule has 27 heavy (non-hydrogen) atoms. The normalized spacial score (nSPS) is 34.2. The number of morpholine rings is 1. The Balaban J connectivity index is 1.27. The van der Waals surface area contributed by atoms with Gasteiger partial charge in [0.25, 0.3) is 0 Å². The summed E-state index contributed by atoms with van der Waals surface area (Å²) in [5.41, 5.74) is 0. The van der Waals surface area contributed by atoms with Gasteiger partial charge >= 0.3 is 0 Å². The zero-order valence-electron chi connectivity index (χ0n) is 15.9. The molecule has 2 aliphatic carbocycles. The lowest BCUT2D eigenvalue weighted by Crippen LogP contribution is -2.57. The van der Waals surface area contributed by atoms with Crippen LogP contribution in [0.1, 0.15) is 57.9 Å². The van der Waals surface area contributed by atoms with E-state index in [0.29, 0.717) is 12.5 Å². The van der Waals surface area contributed by atoms with Gasteiger partial charge in [0, 0.05) is 18.5 Å². The van der Waals surface area contributed by atoms with Crippen LogP contribution >= 0.6 is 0 Å². The Bertz CT molecular complexity index is 656. The molecule has 148 valence electrons. The fourth-order valence-corrected chi connectivity index (χ4v) is 4.95. The minimum absolute atomic E-state index is 0.00444. The number of ether oxygens (including phenoxy) is 1. The number of aromatic nitrogens is 3. The molecule has 0 aromatic carbocycles. The van der Waals surface area contributed by atoms with E-state index in [1.807, 2.05) is 16.5 Å². The zero-order chi connectivity index (χ0) is 18.8. The maximum Gasteiger partial charge on any atom is 0.248 e. The van der Waals surface area contributed by atoms with E-state index in [9.17, 15) is 9.59 Å². The van der Waals surface area contributed by atoms with E-state index in [-0.39, 0.29) is 42.5 Å². The average molecular weight is 375 g/mol. The molecule has 0 bridgehead atoms. The fraction of sp³-hybridized carbons (Fsp3) is 0.789. The number of nitrogens with one attached hydrogen (secondary N) is 1. The number of fused-ring (bicyclic) bond motifs is 1. The molecule has 4 rings (SSSR count). The van der Waals surface area contributed by atoms with E-state index < -0.39 is 0 Å². The molecule has 1 saturated heterocycles. The van der Waals surface area contributed by atoms with Crippen molar-refractivity contribution in [3.63, 3.8) is 0 Å². The van der Waals surface area contributed by atoms with Gasteiger partial charge in [0.15, 0.2) is 0 Å². The quantitative estimate of drug-likeness (QED) is 0.857. The topological polar surface area (TPSA) is 89.4 Å². The third-order valence-electron chi connectivity index (χ3n) is 6.46. The summed E-state index contributed by atoms with van der Waals surface area (Å²) in [6.07, 6.45) is 9.72. The molecule has 2 heterocycles. The van der Waals surface area contributed by atoms with Crippen molar-refractivity contribution in [2.45, 2.75) is 76.1 Å². The van der Waals surface area contributed by atoms with E-state index >= 15 is 0 Å². The Morgan fingerprint density at radius 1 is 1.26 bits per heavy atom. The minimum atomic E-state index is -0.00815. The van der Waals surface area contributed by atoms with Crippen LogP contribution in [0.25, 0.3) is 0 Å². The number of carbonyl (C=O) groups excluding carboxylic acids is 2. The first-order valence-corrected chi connectivity index (χ1v) is 10.2. The lowest BCUT2D eigenvalue weighted by Gasteiger charge is -2.45. The monoisotopic (exact) mass is 375 g/mol. The van der Waals surface area contributed by atoms with Gasteiger partial charge in [0.1, 0.15) is 19.3 Å². The van der Waals surface area contributed by atoms with Crippen molar-refractivity contribution in [1.29, 1.82) is 0 Å². The maximum absolute atomic E-state index is 12.8. The standard InChI is InChI=1S/C19H29N5O3/c1-2-23-16-8-3-13(9-17(16)27-10-18(23)25)19(26)22-14-4-6-15(7-5-14)24-12-20-11-21-24/h11-17H,2-10H2,1H3,(H,22,26)/t13-,14?,15?,16-,17-/m0/s1. The van der Waals surface area contributed by atoms with Crippen LogP contribution in [0.3, 0.4) is 0 Å². The van der Waals surface area contributed by atoms with Crippen molar-refractivity contribution < 1.29 is 14.3 Å². The summed E-state index contributed by atoms with van der Waals surface area (Å²) >= 11 is 0. The number of carbonyl (C=O) groups is 2. The summed E-state index contributed by atoms with van der Waals surface area (Å²) in [5, 5.41) is 7.50. The van der Waals surface area contributed by atoms with E-state index in [0.717, 1.165) is 45.1 Å². The molecule has 1 aromatic rings. The molecular weight excluding hydrogens is 346 g/mol. The van der Waals surface area contributed by atoms with E-state index in [1.54, 1.807) is 12.7 Å². The second-order valence-corrected chi connectivity index (χ2v) is 8.00. The summed E-state index contributed by atoms with van der Waals surface area (Å²) in [5.74, 6) is 0.221. The number of likely N-dealkylation sites (N-methyl/N-ethyl adjacent to an activating group) is 1. The third kappa shape index (κ3) is 3.85. The summed E-state index contributed by atoms with van der Waals surface area (Å²) in [6, 6.07) is 0.777. The fourth-order valence-electron chi connectivity index (χ4n) is 4.95. The molecule has 1 N–H and O–H groups in total. The van der Waals surface area contributed by atoms with Crippen molar-refractivity contribution in [3.05, 3.63) is 12.7 Å². The molecule has 2 amide bonds. The highest BCUT2D eigenvalue weighted by Gasteiger charge is 2.42. The molecule has 1 aromatic heterocycles. The first kappa shape index (κ1) is 18.4. The minimum Gasteiger partial charge on any atom is -0.366 e. The lowest BCUT2D eigenvalue weighted by molar-refractivity contribution is -0.163. The largest absolute Gasteiger partial charge is 0.366 e. The molecule has 8 heteroatoms. The smallest absolute Gasteiger partial charge is 0.248 e. The van der Waals surface area contributed by atoms with E-state index in [4.69, 9.17) is 4.74 Å². The van der Waals surface area contributed by atoms with Crippen LogP contribution in [-0.4, -0.2) is 62.8 Å². The van der Waals surface area contributed by atoms with Gasteiger partial charge in [0.2, 0.25) is 11.8 Å².